The Morgan fingerprint density at radius 3 is 2.50 bits per heavy atom. The number of thiophene rings is 1. The van der Waals surface area contributed by atoms with Gasteiger partial charge < -0.3 is 5.11 Å². The van der Waals surface area contributed by atoms with Crippen LogP contribution in [0.5, 0.6) is 0 Å². The molecule has 1 aromatic heterocycles. The summed E-state index contributed by atoms with van der Waals surface area (Å²) in [7, 11) is 0. The van der Waals surface area contributed by atoms with Crippen LogP contribution in [0.4, 0.5) is 0 Å². The van der Waals surface area contributed by atoms with Crippen molar-refractivity contribution in [2.75, 3.05) is 0 Å². The summed E-state index contributed by atoms with van der Waals surface area (Å²) in [4.78, 5) is 2.88. The lowest BCUT2D eigenvalue weighted by Crippen LogP contribution is -2.23. The van der Waals surface area contributed by atoms with Crippen molar-refractivity contribution >= 4 is 11.3 Å². The molecule has 0 amide bonds. The van der Waals surface area contributed by atoms with E-state index in [9.17, 15) is 5.11 Å². The molecule has 0 radical (unpaired) electrons. The maximum atomic E-state index is 10.2. The molecule has 0 aromatic carbocycles. The van der Waals surface area contributed by atoms with Crippen molar-refractivity contribution in [2.24, 2.45) is 0 Å². The van der Waals surface area contributed by atoms with Crippen LogP contribution in [0.2, 0.25) is 0 Å². The predicted molar refractivity (Wildman–Crippen MR) is 70.4 cm³/mol. The smallest absolute Gasteiger partial charge is 0.0609 e. The highest BCUT2D eigenvalue weighted by Gasteiger charge is 2.29. The Morgan fingerprint density at radius 1 is 1.19 bits per heavy atom. The minimum absolute atomic E-state index is 0.105. The van der Waals surface area contributed by atoms with Gasteiger partial charge in [0.05, 0.1) is 6.10 Å². The summed E-state index contributed by atoms with van der Waals surface area (Å²) in [5, 5.41) is 10.2. The lowest BCUT2D eigenvalue weighted by molar-refractivity contribution is 0.106. The van der Waals surface area contributed by atoms with Crippen LogP contribution in [0.15, 0.2) is 0 Å². The molecule has 0 bridgehead atoms. The Kier molecular flexibility index (Phi) is 3.70. The third kappa shape index (κ3) is 2.05. The van der Waals surface area contributed by atoms with Gasteiger partial charge in [0.1, 0.15) is 0 Å². The van der Waals surface area contributed by atoms with Crippen molar-refractivity contribution in [1.82, 2.24) is 0 Å². The number of aryl methyl sites for hydroxylation is 2. The molecule has 2 heteroatoms. The van der Waals surface area contributed by atoms with E-state index in [-0.39, 0.29) is 6.10 Å². The van der Waals surface area contributed by atoms with Crippen LogP contribution in [0.25, 0.3) is 0 Å². The largest absolute Gasteiger partial charge is 0.392 e. The first-order chi connectivity index (χ1) is 7.65. The van der Waals surface area contributed by atoms with Gasteiger partial charge in [0, 0.05) is 15.7 Å². The lowest BCUT2D eigenvalue weighted by atomic mass is 9.80. The van der Waals surface area contributed by atoms with Crippen molar-refractivity contribution in [1.29, 1.82) is 0 Å². The highest BCUT2D eigenvalue weighted by atomic mass is 32.1. The maximum Gasteiger partial charge on any atom is 0.0609 e. The van der Waals surface area contributed by atoms with E-state index in [1.807, 2.05) is 11.3 Å². The second-order valence-electron chi connectivity index (χ2n) is 4.92. The van der Waals surface area contributed by atoms with E-state index in [0.717, 1.165) is 12.8 Å². The first-order valence-electron chi connectivity index (χ1n) is 6.42. The van der Waals surface area contributed by atoms with Gasteiger partial charge in [-0.3, -0.25) is 0 Å². The van der Waals surface area contributed by atoms with Crippen LogP contribution in [0.1, 0.15) is 59.4 Å². The van der Waals surface area contributed by atoms with E-state index in [2.05, 4.69) is 20.8 Å². The molecule has 2 atom stereocenters. The standard InChI is InChI=1S/C14H22OS/c1-4-11-9(2)16-10(3)14(11)12-7-5-6-8-13(12)15/h12-13,15H,4-8H2,1-3H3/t12-,13-/m0/s1. The molecular formula is C14H22OS. The van der Waals surface area contributed by atoms with Gasteiger partial charge in [0.15, 0.2) is 0 Å². The molecule has 1 saturated carbocycles. The van der Waals surface area contributed by atoms with Gasteiger partial charge in [-0.2, -0.15) is 0 Å². The van der Waals surface area contributed by atoms with Crippen LogP contribution >= 0.6 is 11.3 Å². The topological polar surface area (TPSA) is 20.2 Å². The molecule has 90 valence electrons. The van der Waals surface area contributed by atoms with Crippen LogP contribution < -0.4 is 0 Å². The van der Waals surface area contributed by atoms with E-state index in [1.54, 1.807) is 0 Å². The summed E-state index contributed by atoms with van der Waals surface area (Å²) < 4.78 is 0. The Balaban J connectivity index is 2.37. The Hall–Kier alpha value is -0.340. The van der Waals surface area contributed by atoms with E-state index >= 15 is 0 Å². The molecule has 0 aliphatic heterocycles. The molecule has 0 saturated heterocycles. The average Bonchev–Trinajstić information content (AvgIpc) is 2.54. The predicted octanol–water partition coefficient (Wildman–Crippen LogP) is 3.95. The quantitative estimate of drug-likeness (QED) is 0.827. The second-order valence-corrected chi connectivity index (χ2v) is 6.35. The number of hydrogen-bond donors (Lipinski definition) is 1. The fourth-order valence-electron chi connectivity index (χ4n) is 3.12. The molecule has 0 unspecified atom stereocenters. The van der Waals surface area contributed by atoms with Gasteiger partial charge in [-0.1, -0.05) is 19.8 Å². The Morgan fingerprint density at radius 2 is 1.88 bits per heavy atom. The van der Waals surface area contributed by atoms with E-state index in [4.69, 9.17) is 0 Å². The minimum atomic E-state index is -0.105. The molecule has 1 aliphatic rings. The summed E-state index contributed by atoms with van der Waals surface area (Å²) in [6.45, 7) is 6.66. The summed E-state index contributed by atoms with van der Waals surface area (Å²) in [5.41, 5.74) is 2.99. The fraction of sp³-hybridized carbons (Fsp3) is 0.714. The zero-order chi connectivity index (χ0) is 11.7. The Bertz CT molecular complexity index is 367. The molecule has 16 heavy (non-hydrogen) atoms. The summed E-state index contributed by atoms with van der Waals surface area (Å²) in [6, 6.07) is 0. The van der Waals surface area contributed by atoms with Gasteiger partial charge in [-0.05, 0) is 44.2 Å². The van der Waals surface area contributed by atoms with Crippen LogP contribution in [0.3, 0.4) is 0 Å². The van der Waals surface area contributed by atoms with Gasteiger partial charge in [0.2, 0.25) is 0 Å². The highest BCUT2D eigenvalue weighted by molar-refractivity contribution is 7.12. The van der Waals surface area contributed by atoms with E-state index in [1.165, 1.54) is 40.1 Å². The zero-order valence-electron chi connectivity index (χ0n) is 10.5. The molecule has 0 spiro atoms. The lowest BCUT2D eigenvalue weighted by Gasteiger charge is -2.29. The molecule has 1 aromatic rings. The van der Waals surface area contributed by atoms with Crippen molar-refractivity contribution in [3.8, 4) is 0 Å². The van der Waals surface area contributed by atoms with Crippen LogP contribution in [-0.4, -0.2) is 11.2 Å². The van der Waals surface area contributed by atoms with E-state index in [0.29, 0.717) is 5.92 Å². The molecule has 2 rings (SSSR count). The number of aliphatic hydroxyl groups is 1. The van der Waals surface area contributed by atoms with Gasteiger partial charge >= 0.3 is 0 Å². The monoisotopic (exact) mass is 238 g/mol. The van der Waals surface area contributed by atoms with Gasteiger partial charge in [0.25, 0.3) is 0 Å². The second kappa shape index (κ2) is 4.89. The number of hydrogen-bond acceptors (Lipinski definition) is 2. The van der Waals surface area contributed by atoms with Gasteiger partial charge in [-0.25, -0.2) is 0 Å². The minimum Gasteiger partial charge on any atom is -0.392 e. The Labute approximate surface area is 103 Å². The van der Waals surface area contributed by atoms with Crippen molar-refractivity contribution in [3.63, 3.8) is 0 Å². The number of aliphatic hydroxyl groups excluding tert-OH is 1. The molecular weight excluding hydrogens is 216 g/mol. The van der Waals surface area contributed by atoms with E-state index < -0.39 is 0 Å². The highest BCUT2D eigenvalue weighted by Crippen LogP contribution is 2.40. The zero-order valence-corrected chi connectivity index (χ0v) is 11.4. The average molecular weight is 238 g/mol. The molecule has 1 aliphatic carbocycles. The fourth-order valence-corrected chi connectivity index (χ4v) is 4.34. The molecule has 1 nitrogen and oxygen atoms in total. The molecule has 1 N–H and O–H groups in total. The van der Waals surface area contributed by atoms with Crippen molar-refractivity contribution < 1.29 is 5.11 Å². The normalized spacial score (nSPS) is 26.0. The van der Waals surface area contributed by atoms with Gasteiger partial charge in [-0.15, -0.1) is 11.3 Å². The third-order valence-electron chi connectivity index (χ3n) is 3.89. The number of rotatable bonds is 2. The summed E-state index contributed by atoms with van der Waals surface area (Å²) in [5.74, 6) is 0.411. The first kappa shape index (κ1) is 12.1. The maximum absolute atomic E-state index is 10.2. The summed E-state index contributed by atoms with van der Waals surface area (Å²) >= 11 is 1.90. The van der Waals surface area contributed by atoms with Crippen LogP contribution in [0, 0.1) is 13.8 Å². The first-order valence-corrected chi connectivity index (χ1v) is 7.23. The SMILES string of the molecule is CCc1c(C)sc(C)c1[C@H]1CCCC[C@@H]1O. The third-order valence-corrected chi connectivity index (χ3v) is 4.97. The van der Waals surface area contributed by atoms with Crippen molar-refractivity contribution in [3.05, 3.63) is 20.9 Å². The molecule has 1 fully saturated rings. The molecule has 1 heterocycles. The van der Waals surface area contributed by atoms with Crippen molar-refractivity contribution in [2.45, 2.75) is 64.9 Å². The van der Waals surface area contributed by atoms with Crippen LogP contribution in [-0.2, 0) is 6.42 Å². The summed E-state index contributed by atoms with van der Waals surface area (Å²) in [6.07, 6.45) is 5.63.